The molecule has 1 aliphatic carbocycles. The zero-order chi connectivity index (χ0) is 12.8. The molecule has 1 aromatic carbocycles. The van der Waals surface area contributed by atoms with Crippen LogP contribution in [0, 0.1) is 0 Å². The highest BCUT2D eigenvalue weighted by atomic mass is 35.5. The highest BCUT2D eigenvalue weighted by Gasteiger charge is 2.27. The third-order valence-electron chi connectivity index (χ3n) is 3.49. The first kappa shape index (κ1) is 13.9. The minimum Gasteiger partial charge on any atom is -0.372 e. The Kier molecular flexibility index (Phi) is 5.48. The molecule has 0 spiro atoms. The fraction of sp³-hybridized carbons (Fsp3) is 0.600. The molecule has 0 bridgehead atoms. The fourth-order valence-corrected chi connectivity index (χ4v) is 2.60. The average molecular weight is 268 g/mol. The normalized spacial score (nSPS) is 23.4. The van der Waals surface area contributed by atoms with Crippen molar-refractivity contribution in [3.8, 4) is 0 Å². The minimum absolute atomic E-state index is 0.368. The molecule has 0 aromatic heterocycles. The third-order valence-corrected chi connectivity index (χ3v) is 3.74. The van der Waals surface area contributed by atoms with Crippen LogP contribution in [0.1, 0.15) is 38.2 Å². The molecule has 0 heterocycles. The van der Waals surface area contributed by atoms with Crippen LogP contribution in [0.4, 0.5) is 0 Å². The minimum atomic E-state index is 0.368. The Morgan fingerprint density at radius 1 is 1.28 bits per heavy atom. The van der Waals surface area contributed by atoms with E-state index in [0.717, 1.165) is 11.6 Å². The second kappa shape index (κ2) is 7.13. The van der Waals surface area contributed by atoms with Gasteiger partial charge in [-0.2, -0.15) is 0 Å². The zero-order valence-electron chi connectivity index (χ0n) is 11.0. The second-order valence-corrected chi connectivity index (χ2v) is 5.40. The summed E-state index contributed by atoms with van der Waals surface area (Å²) in [7, 11) is 0. The zero-order valence-corrected chi connectivity index (χ0v) is 11.7. The highest BCUT2D eigenvalue weighted by molar-refractivity contribution is 6.30. The summed E-state index contributed by atoms with van der Waals surface area (Å²) in [4.78, 5) is 0. The largest absolute Gasteiger partial charge is 0.372 e. The van der Waals surface area contributed by atoms with Crippen molar-refractivity contribution in [2.45, 2.75) is 51.4 Å². The summed E-state index contributed by atoms with van der Waals surface area (Å²) in [5, 5.41) is 4.36. The molecule has 2 rings (SSSR count). The first-order valence-electron chi connectivity index (χ1n) is 6.89. The summed E-state index contributed by atoms with van der Waals surface area (Å²) >= 11 is 5.87. The van der Waals surface area contributed by atoms with Gasteiger partial charge >= 0.3 is 0 Å². The van der Waals surface area contributed by atoms with E-state index in [9.17, 15) is 0 Å². The standard InChI is InChI=1S/C15H22ClNO/c1-2-10-17-14-4-3-5-15(14)18-11-12-6-8-13(16)9-7-12/h6-9,14-15,17H,2-5,10-11H2,1H3. The summed E-state index contributed by atoms with van der Waals surface area (Å²) in [6, 6.07) is 8.44. The van der Waals surface area contributed by atoms with Gasteiger partial charge < -0.3 is 10.1 Å². The van der Waals surface area contributed by atoms with E-state index in [-0.39, 0.29) is 0 Å². The third kappa shape index (κ3) is 3.98. The molecule has 1 aromatic rings. The lowest BCUT2D eigenvalue weighted by Gasteiger charge is -2.21. The van der Waals surface area contributed by atoms with Crippen molar-refractivity contribution in [2.75, 3.05) is 6.54 Å². The highest BCUT2D eigenvalue weighted by Crippen LogP contribution is 2.23. The molecule has 0 saturated heterocycles. The van der Waals surface area contributed by atoms with Crippen LogP contribution in [0.5, 0.6) is 0 Å². The number of hydrogen-bond donors (Lipinski definition) is 1. The Morgan fingerprint density at radius 3 is 2.78 bits per heavy atom. The van der Waals surface area contributed by atoms with Crippen LogP contribution in [-0.2, 0) is 11.3 Å². The van der Waals surface area contributed by atoms with Crippen molar-refractivity contribution in [3.05, 3.63) is 34.9 Å². The van der Waals surface area contributed by atoms with E-state index in [4.69, 9.17) is 16.3 Å². The first-order chi connectivity index (χ1) is 8.79. The fourth-order valence-electron chi connectivity index (χ4n) is 2.47. The van der Waals surface area contributed by atoms with E-state index < -0.39 is 0 Å². The molecule has 18 heavy (non-hydrogen) atoms. The van der Waals surface area contributed by atoms with E-state index in [0.29, 0.717) is 18.8 Å². The van der Waals surface area contributed by atoms with E-state index in [1.54, 1.807) is 0 Å². The molecule has 1 saturated carbocycles. The smallest absolute Gasteiger partial charge is 0.0732 e. The van der Waals surface area contributed by atoms with Crippen LogP contribution in [-0.4, -0.2) is 18.7 Å². The van der Waals surface area contributed by atoms with Gasteiger partial charge in [-0.05, 0) is 49.9 Å². The molecule has 2 unspecified atom stereocenters. The van der Waals surface area contributed by atoms with Gasteiger partial charge in [-0.25, -0.2) is 0 Å². The summed E-state index contributed by atoms with van der Waals surface area (Å²) in [6.45, 7) is 3.98. The number of benzene rings is 1. The van der Waals surface area contributed by atoms with Crippen molar-refractivity contribution in [1.82, 2.24) is 5.32 Å². The molecule has 0 aliphatic heterocycles. The Morgan fingerprint density at radius 2 is 2.06 bits per heavy atom. The molecule has 0 amide bonds. The van der Waals surface area contributed by atoms with Crippen molar-refractivity contribution in [2.24, 2.45) is 0 Å². The van der Waals surface area contributed by atoms with Gasteiger partial charge in [0.2, 0.25) is 0 Å². The van der Waals surface area contributed by atoms with Gasteiger partial charge in [0.1, 0.15) is 0 Å². The Hall–Kier alpha value is -0.570. The van der Waals surface area contributed by atoms with Gasteiger partial charge in [0.15, 0.2) is 0 Å². The molecule has 2 nitrogen and oxygen atoms in total. The Labute approximate surface area is 115 Å². The van der Waals surface area contributed by atoms with Gasteiger partial charge in [-0.15, -0.1) is 0 Å². The summed E-state index contributed by atoms with van der Waals surface area (Å²) in [6.07, 6.45) is 5.24. The predicted molar refractivity (Wildman–Crippen MR) is 76.0 cm³/mol. The van der Waals surface area contributed by atoms with Crippen molar-refractivity contribution in [1.29, 1.82) is 0 Å². The number of halogens is 1. The number of ether oxygens (including phenoxy) is 1. The quantitative estimate of drug-likeness (QED) is 0.847. The maximum absolute atomic E-state index is 6.03. The van der Waals surface area contributed by atoms with Crippen LogP contribution < -0.4 is 5.32 Å². The second-order valence-electron chi connectivity index (χ2n) is 4.97. The molecular formula is C15H22ClNO. The van der Waals surface area contributed by atoms with Crippen LogP contribution >= 0.6 is 11.6 Å². The van der Waals surface area contributed by atoms with Crippen LogP contribution in [0.15, 0.2) is 24.3 Å². The van der Waals surface area contributed by atoms with Gasteiger partial charge in [-0.1, -0.05) is 30.7 Å². The van der Waals surface area contributed by atoms with Gasteiger partial charge in [-0.3, -0.25) is 0 Å². The molecule has 2 atom stereocenters. The molecule has 3 heteroatoms. The molecule has 0 radical (unpaired) electrons. The van der Waals surface area contributed by atoms with Crippen molar-refractivity contribution >= 4 is 11.6 Å². The molecular weight excluding hydrogens is 246 g/mol. The SMILES string of the molecule is CCCNC1CCCC1OCc1ccc(Cl)cc1. The topological polar surface area (TPSA) is 21.3 Å². The lowest BCUT2D eigenvalue weighted by Crippen LogP contribution is -2.37. The first-order valence-corrected chi connectivity index (χ1v) is 7.27. The summed E-state index contributed by atoms with van der Waals surface area (Å²) in [5.41, 5.74) is 1.19. The average Bonchev–Trinajstić information content (AvgIpc) is 2.83. The number of hydrogen-bond acceptors (Lipinski definition) is 2. The van der Waals surface area contributed by atoms with E-state index in [1.165, 1.54) is 31.2 Å². The Bertz CT molecular complexity index is 352. The maximum atomic E-state index is 6.03. The Balaban J connectivity index is 1.79. The van der Waals surface area contributed by atoms with Crippen molar-refractivity contribution in [3.63, 3.8) is 0 Å². The van der Waals surface area contributed by atoms with E-state index in [1.807, 2.05) is 24.3 Å². The monoisotopic (exact) mass is 267 g/mol. The molecule has 100 valence electrons. The summed E-state index contributed by atoms with van der Waals surface area (Å²) < 4.78 is 6.03. The van der Waals surface area contributed by atoms with Crippen LogP contribution in [0.3, 0.4) is 0 Å². The van der Waals surface area contributed by atoms with E-state index >= 15 is 0 Å². The van der Waals surface area contributed by atoms with Crippen LogP contribution in [0.25, 0.3) is 0 Å². The van der Waals surface area contributed by atoms with Gasteiger partial charge in [0.25, 0.3) is 0 Å². The lowest BCUT2D eigenvalue weighted by atomic mass is 10.2. The summed E-state index contributed by atoms with van der Waals surface area (Å²) in [5.74, 6) is 0. The predicted octanol–water partition coefficient (Wildman–Crippen LogP) is 3.78. The van der Waals surface area contributed by atoms with Gasteiger partial charge in [0.05, 0.1) is 12.7 Å². The lowest BCUT2D eigenvalue weighted by molar-refractivity contribution is 0.0280. The van der Waals surface area contributed by atoms with Crippen LogP contribution in [0.2, 0.25) is 5.02 Å². The molecule has 1 aliphatic rings. The number of nitrogens with one attached hydrogen (secondary N) is 1. The number of rotatable bonds is 6. The van der Waals surface area contributed by atoms with Crippen molar-refractivity contribution < 1.29 is 4.74 Å². The van der Waals surface area contributed by atoms with E-state index in [2.05, 4.69) is 12.2 Å². The van der Waals surface area contributed by atoms with Gasteiger partial charge in [0, 0.05) is 11.1 Å². The maximum Gasteiger partial charge on any atom is 0.0732 e. The molecule has 1 N–H and O–H groups in total. The molecule has 1 fully saturated rings.